The molecule has 4 aromatic rings. The van der Waals surface area contributed by atoms with E-state index in [9.17, 15) is 18.0 Å². The van der Waals surface area contributed by atoms with Crippen LogP contribution in [0.5, 0.6) is 5.75 Å². The Morgan fingerprint density at radius 1 is 1.03 bits per heavy atom. The summed E-state index contributed by atoms with van der Waals surface area (Å²) in [5, 5.41) is 10.5. The van der Waals surface area contributed by atoms with Crippen LogP contribution in [0.4, 0.5) is 24.8 Å². The Labute approximate surface area is 216 Å². The van der Waals surface area contributed by atoms with Crippen LogP contribution >= 0.6 is 0 Å². The van der Waals surface area contributed by atoms with Crippen molar-refractivity contribution in [2.75, 3.05) is 44.7 Å². The van der Waals surface area contributed by atoms with Gasteiger partial charge in [-0.25, -0.2) is 4.52 Å². The average Bonchev–Trinajstić information content (AvgIpc) is 3.31. The molecule has 9 nitrogen and oxygen atoms in total. The molecule has 0 atom stereocenters. The van der Waals surface area contributed by atoms with Crippen LogP contribution in [0.1, 0.15) is 10.4 Å². The monoisotopic (exact) mass is 526 g/mol. The quantitative estimate of drug-likeness (QED) is 0.357. The molecule has 0 saturated carbocycles. The number of halogens is 3. The first kappa shape index (κ1) is 25.5. The van der Waals surface area contributed by atoms with Gasteiger partial charge in [0.2, 0.25) is 5.95 Å². The largest absolute Gasteiger partial charge is 0.573 e. The smallest absolute Gasteiger partial charge is 0.406 e. The zero-order chi connectivity index (χ0) is 26.5. The molecule has 12 heteroatoms. The number of hydrogen-bond acceptors (Lipinski definition) is 7. The molecule has 1 amide bonds. The molecule has 0 radical (unpaired) electrons. The van der Waals surface area contributed by atoms with Crippen molar-refractivity contribution in [2.45, 2.75) is 6.36 Å². The highest BCUT2D eigenvalue weighted by atomic mass is 19.4. The summed E-state index contributed by atoms with van der Waals surface area (Å²) < 4.78 is 48.8. The van der Waals surface area contributed by atoms with Gasteiger partial charge in [-0.15, -0.1) is 18.3 Å². The zero-order valence-electron chi connectivity index (χ0n) is 20.2. The third-order valence-electron chi connectivity index (χ3n) is 5.94. The molecule has 0 bridgehead atoms. The van der Waals surface area contributed by atoms with Crippen LogP contribution < -0.4 is 15.4 Å². The van der Waals surface area contributed by atoms with E-state index in [1.807, 2.05) is 0 Å². The minimum absolute atomic E-state index is 0.156. The molecule has 1 fully saturated rings. The molecule has 2 aromatic heterocycles. The Morgan fingerprint density at radius 3 is 2.55 bits per heavy atom. The molecule has 0 unspecified atom stereocenters. The highest BCUT2D eigenvalue weighted by Gasteiger charge is 2.31. The van der Waals surface area contributed by atoms with Crippen LogP contribution in [-0.4, -0.2) is 71.2 Å². The minimum Gasteiger partial charge on any atom is -0.406 e. The maximum Gasteiger partial charge on any atom is 0.573 e. The maximum atomic E-state index is 12.6. The fourth-order valence-corrected chi connectivity index (χ4v) is 4.12. The van der Waals surface area contributed by atoms with E-state index in [1.165, 1.54) is 22.7 Å². The molecular formula is C26H25F3N6O3. The summed E-state index contributed by atoms with van der Waals surface area (Å²) in [7, 11) is 0. The lowest BCUT2D eigenvalue weighted by molar-refractivity contribution is -0.274. The molecule has 0 aliphatic carbocycles. The number of carbonyl (C=O) groups excluding carboxylic acids is 1. The Hall–Kier alpha value is -4.16. The number of anilines is 2. The number of alkyl halides is 3. The number of fused-ring (bicyclic) bond motifs is 1. The first-order chi connectivity index (χ1) is 18.3. The second-order valence-corrected chi connectivity index (χ2v) is 8.60. The maximum absolute atomic E-state index is 12.6. The zero-order valence-corrected chi connectivity index (χ0v) is 20.2. The van der Waals surface area contributed by atoms with Gasteiger partial charge in [-0.1, -0.05) is 18.2 Å². The number of pyridine rings is 1. The fourth-order valence-electron chi connectivity index (χ4n) is 4.12. The number of hydrogen-bond donors (Lipinski definition) is 2. The number of benzene rings is 2. The lowest BCUT2D eigenvalue weighted by Crippen LogP contribution is -2.41. The fraction of sp³-hybridized carbons (Fsp3) is 0.269. The summed E-state index contributed by atoms with van der Waals surface area (Å²) in [4.78, 5) is 19.2. The molecule has 2 N–H and O–H groups in total. The van der Waals surface area contributed by atoms with Gasteiger partial charge >= 0.3 is 6.36 Å². The van der Waals surface area contributed by atoms with Crippen molar-refractivity contribution in [2.24, 2.45) is 0 Å². The first-order valence-corrected chi connectivity index (χ1v) is 12.0. The van der Waals surface area contributed by atoms with E-state index in [1.54, 1.807) is 48.5 Å². The third-order valence-corrected chi connectivity index (χ3v) is 5.94. The third kappa shape index (κ3) is 6.39. The summed E-state index contributed by atoms with van der Waals surface area (Å²) >= 11 is 0. The Kier molecular flexibility index (Phi) is 7.43. The Bertz CT molecular complexity index is 1400. The number of ether oxygens (including phenoxy) is 2. The van der Waals surface area contributed by atoms with Crippen molar-refractivity contribution >= 4 is 23.2 Å². The molecule has 198 valence electrons. The summed E-state index contributed by atoms with van der Waals surface area (Å²) in [6.07, 6.45) is -4.78. The second-order valence-electron chi connectivity index (χ2n) is 8.60. The van der Waals surface area contributed by atoms with Gasteiger partial charge in [0.15, 0.2) is 5.65 Å². The van der Waals surface area contributed by atoms with Crippen molar-refractivity contribution < 1.29 is 27.4 Å². The molecule has 3 heterocycles. The van der Waals surface area contributed by atoms with Gasteiger partial charge in [-0.05, 0) is 48.5 Å². The molecule has 1 saturated heterocycles. The number of rotatable bonds is 8. The Balaban J connectivity index is 1.25. The van der Waals surface area contributed by atoms with E-state index >= 15 is 0 Å². The van der Waals surface area contributed by atoms with Crippen LogP contribution in [0.2, 0.25) is 0 Å². The van der Waals surface area contributed by atoms with E-state index in [-0.39, 0.29) is 11.7 Å². The first-order valence-electron chi connectivity index (χ1n) is 12.0. The van der Waals surface area contributed by atoms with Crippen LogP contribution in [0, 0.1) is 0 Å². The summed E-state index contributed by atoms with van der Waals surface area (Å²) in [6, 6.07) is 17.8. The van der Waals surface area contributed by atoms with Crippen molar-refractivity contribution in [3.63, 3.8) is 0 Å². The summed E-state index contributed by atoms with van der Waals surface area (Å²) in [6.45, 7) is 4.50. The highest BCUT2D eigenvalue weighted by Crippen LogP contribution is 2.28. The van der Waals surface area contributed by atoms with Gasteiger partial charge in [0.1, 0.15) is 5.75 Å². The minimum atomic E-state index is -4.78. The van der Waals surface area contributed by atoms with Crippen molar-refractivity contribution in [3.05, 3.63) is 72.3 Å². The topological polar surface area (TPSA) is 93.0 Å². The molecule has 5 rings (SSSR count). The lowest BCUT2D eigenvalue weighted by Gasteiger charge is -2.26. The van der Waals surface area contributed by atoms with Gasteiger partial charge in [0, 0.05) is 43.0 Å². The predicted molar refractivity (Wildman–Crippen MR) is 134 cm³/mol. The second kappa shape index (κ2) is 11.1. The van der Waals surface area contributed by atoms with Crippen LogP contribution in [-0.2, 0) is 4.74 Å². The molecule has 38 heavy (non-hydrogen) atoms. The van der Waals surface area contributed by atoms with Crippen molar-refractivity contribution in [1.29, 1.82) is 0 Å². The van der Waals surface area contributed by atoms with Gasteiger partial charge in [-0.3, -0.25) is 9.69 Å². The average molecular weight is 527 g/mol. The molecule has 2 aromatic carbocycles. The number of morpholine rings is 1. The van der Waals surface area contributed by atoms with E-state index in [0.29, 0.717) is 40.6 Å². The van der Waals surface area contributed by atoms with E-state index < -0.39 is 6.36 Å². The normalized spacial score (nSPS) is 14.4. The molecule has 1 aliphatic heterocycles. The number of nitrogens with zero attached hydrogens (tertiary/aromatic N) is 4. The molecular weight excluding hydrogens is 501 g/mol. The standard InChI is InChI=1S/C26H25F3N6O3/c27-26(28,29)38-21-4-1-3-19(17-21)22-5-2-6-23-32-25(33-35(22)23)31-20-9-7-18(8-10-20)24(36)30-11-12-34-13-15-37-16-14-34/h1-10,17H,11-16H2,(H,30,36)(H,31,33). The highest BCUT2D eigenvalue weighted by molar-refractivity contribution is 5.94. The van der Waals surface area contributed by atoms with Crippen LogP contribution in [0.3, 0.4) is 0 Å². The van der Waals surface area contributed by atoms with E-state index in [2.05, 4.69) is 30.4 Å². The van der Waals surface area contributed by atoms with E-state index in [0.717, 1.165) is 32.8 Å². The van der Waals surface area contributed by atoms with Crippen molar-refractivity contribution in [3.8, 4) is 17.0 Å². The van der Waals surface area contributed by atoms with Crippen LogP contribution in [0.15, 0.2) is 66.7 Å². The predicted octanol–water partition coefficient (Wildman–Crippen LogP) is 4.10. The van der Waals surface area contributed by atoms with Crippen molar-refractivity contribution in [1.82, 2.24) is 24.8 Å². The van der Waals surface area contributed by atoms with Gasteiger partial charge in [0.25, 0.3) is 5.91 Å². The number of nitrogens with one attached hydrogen (secondary N) is 2. The molecule has 0 spiro atoms. The number of carbonyl (C=O) groups is 1. The summed E-state index contributed by atoms with van der Waals surface area (Å²) in [5.41, 5.74) is 2.73. The van der Waals surface area contributed by atoms with Gasteiger partial charge < -0.3 is 20.1 Å². The number of amides is 1. The lowest BCUT2D eigenvalue weighted by atomic mass is 10.1. The van der Waals surface area contributed by atoms with E-state index in [4.69, 9.17) is 4.74 Å². The number of aromatic nitrogens is 3. The Morgan fingerprint density at radius 2 is 1.79 bits per heavy atom. The van der Waals surface area contributed by atoms with Crippen LogP contribution in [0.25, 0.3) is 16.9 Å². The molecule has 1 aliphatic rings. The summed E-state index contributed by atoms with van der Waals surface area (Å²) in [5.74, 6) is -0.185. The van der Waals surface area contributed by atoms with Gasteiger partial charge in [0.05, 0.1) is 18.9 Å². The SMILES string of the molecule is O=C(NCCN1CCOCC1)c1ccc(Nc2nc3cccc(-c4cccc(OC(F)(F)F)c4)n3n2)cc1. The van der Waals surface area contributed by atoms with Gasteiger partial charge in [-0.2, -0.15) is 4.98 Å².